The zero-order valence-electron chi connectivity index (χ0n) is 8.68. The molecule has 0 bridgehead atoms. The summed E-state index contributed by atoms with van der Waals surface area (Å²) in [4.78, 5) is 0. The topological polar surface area (TPSA) is 38.0 Å². The van der Waals surface area contributed by atoms with Crippen LogP contribution >= 0.6 is 12.2 Å². The second kappa shape index (κ2) is 4.77. The lowest BCUT2D eigenvalue weighted by Gasteiger charge is -2.08. The van der Waals surface area contributed by atoms with Crippen molar-refractivity contribution in [2.45, 2.75) is 0 Å². The van der Waals surface area contributed by atoms with Crippen molar-refractivity contribution >= 4 is 29.1 Å². The smallest absolute Gasteiger partial charge is 0.0659 e. The number of hydrogen-bond acceptors (Lipinski definition) is 2. The Morgan fingerprint density at radius 3 is 2.44 bits per heavy atom. The first kappa shape index (κ1) is 10.6. The number of thiocarbonyl (C=S) groups is 1. The molecule has 16 heavy (non-hydrogen) atoms. The Kier molecular flexibility index (Phi) is 3.17. The summed E-state index contributed by atoms with van der Waals surface area (Å²) in [5, 5.41) is 2.95. The van der Waals surface area contributed by atoms with Crippen LogP contribution in [-0.4, -0.2) is 5.49 Å². The van der Waals surface area contributed by atoms with Gasteiger partial charge in [0.15, 0.2) is 0 Å². The summed E-state index contributed by atoms with van der Waals surface area (Å²) in [6, 6.07) is 16.0. The number of nitrogen functional groups attached to an aromatic ring is 1. The molecule has 0 fully saturated rings. The minimum atomic E-state index is 0.695. The Bertz CT molecular complexity index is 495. The maximum Gasteiger partial charge on any atom is 0.0659 e. The van der Waals surface area contributed by atoms with Crippen molar-refractivity contribution in [1.82, 2.24) is 0 Å². The second-order valence-corrected chi connectivity index (χ2v) is 3.67. The fourth-order valence-corrected chi connectivity index (χ4v) is 1.68. The molecule has 0 saturated heterocycles. The average molecular weight is 228 g/mol. The maximum absolute atomic E-state index is 5.82. The number of hydrogen-bond donors (Lipinski definition) is 2. The first-order valence-corrected chi connectivity index (χ1v) is 5.43. The molecule has 80 valence electrons. The lowest BCUT2D eigenvalue weighted by molar-refractivity contribution is 1.60. The largest absolute Gasteiger partial charge is 0.397 e. The van der Waals surface area contributed by atoms with Crippen molar-refractivity contribution in [2.24, 2.45) is 0 Å². The summed E-state index contributed by atoms with van der Waals surface area (Å²) in [5.74, 6) is 0. The molecule has 2 aromatic carbocycles. The third-order valence-corrected chi connectivity index (χ3v) is 2.49. The Balaban J connectivity index is 2.43. The second-order valence-electron chi connectivity index (χ2n) is 3.43. The molecule has 0 heterocycles. The van der Waals surface area contributed by atoms with Gasteiger partial charge in [0.2, 0.25) is 0 Å². The molecule has 0 aliphatic carbocycles. The summed E-state index contributed by atoms with van der Waals surface area (Å²) >= 11 is 4.76. The van der Waals surface area contributed by atoms with Crippen molar-refractivity contribution in [1.29, 1.82) is 0 Å². The molecule has 0 atom stereocenters. The highest BCUT2D eigenvalue weighted by Crippen LogP contribution is 2.26. The number of rotatable bonds is 3. The summed E-state index contributed by atoms with van der Waals surface area (Å²) in [7, 11) is 0. The minimum absolute atomic E-state index is 0.695. The molecule has 0 spiro atoms. The molecule has 0 aliphatic heterocycles. The van der Waals surface area contributed by atoms with E-state index in [2.05, 4.69) is 17.4 Å². The lowest BCUT2D eigenvalue weighted by Crippen LogP contribution is -1.97. The van der Waals surface area contributed by atoms with Gasteiger partial charge in [0.05, 0.1) is 16.9 Å². The van der Waals surface area contributed by atoms with Gasteiger partial charge in [0.1, 0.15) is 0 Å². The standard InChI is InChI=1S/C13H12N2S/c14-12-7-6-11(8-13(12)15-9-16)10-4-2-1-3-5-10/h1-9H,14H2,(H,15,16). The van der Waals surface area contributed by atoms with Gasteiger partial charge in [-0.25, -0.2) is 0 Å². The Hall–Kier alpha value is -1.87. The third-order valence-electron chi connectivity index (χ3n) is 2.37. The van der Waals surface area contributed by atoms with E-state index < -0.39 is 0 Å². The van der Waals surface area contributed by atoms with E-state index in [0.29, 0.717) is 5.69 Å². The Morgan fingerprint density at radius 2 is 1.75 bits per heavy atom. The van der Waals surface area contributed by atoms with Crippen molar-refractivity contribution < 1.29 is 0 Å². The zero-order chi connectivity index (χ0) is 11.4. The van der Waals surface area contributed by atoms with Crippen molar-refractivity contribution in [3.05, 3.63) is 48.5 Å². The summed E-state index contributed by atoms with van der Waals surface area (Å²) in [5.41, 5.74) is 11.1. The molecule has 2 nitrogen and oxygen atoms in total. The van der Waals surface area contributed by atoms with Crippen LogP contribution in [0.2, 0.25) is 0 Å². The minimum Gasteiger partial charge on any atom is -0.397 e. The number of anilines is 2. The number of benzene rings is 2. The van der Waals surface area contributed by atoms with Crippen LogP contribution in [-0.2, 0) is 0 Å². The number of nitrogens with one attached hydrogen (secondary N) is 1. The van der Waals surface area contributed by atoms with Crippen LogP contribution in [0.25, 0.3) is 11.1 Å². The summed E-state index contributed by atoms with van der Waals surface area (Å²) in [6.07, 6.45) is 0. The van der Waals surface area contributed by atoms with Gasteiger partial charge in [-0.2, -0.15) is 0 Å². The fourth-order valence-electron chi connectivity index (χ4n) is 1.55. The van der Waals surface area contributed by atoms with Gasteiger partial charge >= 0.3 is 0 Å². The SMILES string of the molecule is Nc1ccc(-c2ccccc2)cc1NC=S. The van der Waals surface area contributed by atoms with E-state index in [0.717, 1.165) is 16.8 Å². The quantitative estimate of drug-likeness (QED) is 0.625. The summed E-state index contributed by atoms with van der Waals surface area (Å²) < 4.78 is 0. The zero-order valence-corrected chi connectivity index (χ0v) is 9.50. The summed E-state index contributed by atoms with van der Waals surface area (Å²) in [6.45, 7) is 0. The van der Waals surface area contributed by atoms with E-state index in [4.69, 9.17) is 18.0 Å². The van der Waals surface area contributed by atoms with E-state index in [9.17, 15) is 0 Å². The van der Waals surface area contributed by atoms with Gasteiger partial charge in [-0.05, 0) is 23.3 Å². The molecule has 0 radical (unpaired) electrons. The monoisotopic (exact) mass is 228 g/mol. The van der Waals surface area contributed by atoms with Crippen LogP contribution in [0.3, 0.4) is 0 Å². The van der Waals surface area contributed by atoms with E-state index >= 15 is 0 Å². The van der Waals surface area contributed by atoms with Gasteiger partial charge in [-0.15, -0.1) is 0 Å². The Morgan fingerprint density at radius 1 is 1.00 bits per heavy atom. The molecule has 0 aromatic heterocycles. The molecule has 0 aliphatic rings. The van der Waals surface area contributed by atoms with Gasteiger partial charge in [-0.1, -0.05) is 48.6 Å². The first-order chi connectivity index (χ1) is 7.81. The normalized spacial score (nSPS) is 9.75. The average Bonchev–Trinajstić information content (AvgIpc) is 2.33. The van der Waals surface area contributed by atoms with Crippen LogP contribution in [0.1, 0.15) is 0 Å². The highest BCUT2D eigenvalue weighted by Gasteiger charge is 2.01. The van der Waals surface area contributed by atoms with Crippen molar-refractivity contribution in [3.63, 3.8) is 0 Å². The van der Waals surface area contributed by atoms with Gasteiger partial charge < -0.3 is 11.1 Å². The van der Waals surface area contributed by atoms with Crippen molar-refractivity contribution in [2.75, 3.05) is 11.1 Å². The molecule has 0 unspecified atom stereocenters. The van der Waals surface area contributed by atoms with Gasteiger partial charge in [-0.3, -0.25) is 0 Å². The van der Waals surface area contributed by atoms with Crippen LogP contribution < -0.4 is 11.1 Å². The molecule has 2 rings (SSSR count). The molecular weight excluding hydrogens is 216 g/mol. The predicted octanol–water partition coefficient (Wildman–Crippen LogP) is 3.30. The molecule has 3 heteroatoms. The van der Waals surface area contributed by atoms with E-state index in [-0.39, 0.29) is 0 Å². The molecular formula is C13H12N2S. The van der Waals surface area contributed by atoms with E-state index in [1.165, 1.54) is 5.49 Å². The Labute approximate surface area is 100 Å². The van der Waals surface area contributed by atoms with Crippen LogP contribution in [0, 0.1) is 0 Å². The molecule has 2 aromatic rings. The van der Waals surface area contributed by atoms with Gasteiger partial charge in [0.25, 0.3) is 0 Å². The molecule has 3 N–H and O–H groups in total. The molecule has 0 amide bonds. The third kappa shape index (κ3) is 2.20. The van der Waals surface area contributed by atoms with Crippen LogP contribution in [0.15, 0.2) is 48.5 Å². The van der Waals surface area contributed by atoms with E-state index in [1.54, 1.807) is 0 Å². The number of nitrogens with two attached hydrogens (primary N) is 1. The van der Waals surface area contributed by atoms with Crippen molar-refractivity contribution in [3.8, 4) is 11.1 Å². The lowest BCUT2D eigenvalue weighted by atomic mass is 10.0. The highest BCUT2D eigenvalue weighted by molar-refractivity contribution is 7.79. The first-order valence-electron chi connectivity index (χ1n) is 4.96. The molecule has 0 saturated carbocycles. The van der Waals surface area contributed by atoms with Gasteiger partial charge in [0, 0.05) is 0 Å². The predicted molar refractivity (Wildman–Crippen MR) is 73.6 cm³/mol. The van der Waals surface area contributed by atoms with Crippen LogP contribution in [0.4, 0.5) is 11.4 Å². The van der Waals surface area contributed by atoms with Crippen LogP contribution in [0.5, 0.6) is 0 Å². The maximum atomic E-state index is 5.82. The highest BCUT2D eigenvalue weighted by atomic mass is 32.1. The fraction of sp³-hybridized carbons (Fsp3) is 0. The van der Waals surface area contributed by atoms with E-state index in [1.807, 2.05) is 36.4 Å².